The van der Waals surface area contributed by atoms with E-state index < -0.39 is 23.6 Å². The Morgan fingerprint density at radius 1 is 1.19 bits per heavy atom. The number of nitrogens with zero attached hydrogens (tertiary/aromatic N) is 1. The number of thioether (sulfide) groups is 1. The summed E-state index contributed by atoms with van der Waals surface area (Å²) in [6, 6.07) is 10.4. The summed E-state index contributed by atoms with van der Waals surface area (Å²) in [5.41, 5.74) is 1.14. The lowest BCUT2D eigenvalue weighted by molar-refractivity contribution is -0.127. The van der Waals surface area contributed by atoms with Crippen LogP contribution in [0.5, 0.6) is 17.2 Å². The van der Waals surface area contributed by atoms with Crippen LogP contribution in [0.4, 0.5) is 10.5 Å². The Hall–Kier alpha value is -2.98. The normalized spacial score (nSPS) is 16.4. The first kappa shape index (κ1) is 22.2. The van der Waals surface area contributed by atoms with Crippen molar-refractivity contribution in [1.29, 1.82) is 0 Å². The molecule has 0 aliphatic carbocycles. The number of imide groups is 1. The van der Waals surface area contributed by atoms with Crippen LogP contribution < -0.4 is 19.5 Å². The van der Waals surface area contributed by atoms with Gasteiger partial charge in [0.1, 0.15) is 25.5 Å². The lowest BCUT2D eigenvalue weighted by atomic mass is 10.2. The summed E-state index contributed by atoms with van der Waals surface area (Å²) in [5, 5.41) is 2.17. The number of nitrogens with one attached hydrogen (secondary N) is 1. The van der Waals surface area contributed by atoms with Gasteiger partial charge in [0, 0.05) is 21.8 Å². The quantitative estimate of drug-likeness (QED) is 0.569. The molecule has 166 valence electrons. The lowest BCUT2D eigenvalue weighted by Crippen LogP contribution is -2.36. The van der Waals surface area contributed by atoms with Crippen molar-refractivity contribution in [2.75, 3.05) is 31.7 Å². The van der Waals surface area contributed by atoms with Crippen molar-refractivity contribution in [1.82, 2.24) is 4.90 Å². The first-order valence-corrected chi connectivity index (χ1v) is 11.4. The van der Waals surface area contributed by atoms with Gasteiger partial charge < -0.3 is 19.5 Å². The summed E-state index contributed by atoms with van der Waals surface area (Å²) >= 11 is 4.19. The van der Waals surface area contributed by atoms with Crippen molar-refractivity contribution in [2.24, 2.45) is 0 Å². The number of ether oxygens (including phenoxy) is 3. The van der Waals surface area contributed by atoms with E-state index >= 15 is 0 Å². The molecule has 2 aliphatic rings. The van der Waals surface area contributed by atoms with Crippen molar-refractivity contribution in [3.05, 3.63) is 51.3 Å². The van der Waals surface area contributed by atoms with Crippen LogP contribution in [0.3, 0.4) is 0 Å². The van der Waals surface area contributed by atoms with Crippen LogP contribution >= 0.6 is 27.7 Å². The van der Waals surface area contributed by atoms with Crippen LogP contribution in [0.1, 0.15) is 12.5 Å². The molecule has 0 saturated carbocycles. The molecule has 2 aliphatic heterocycles. The van der Waals surface area contributed by atoms with Gasteiger partial charge in [0.05, 0.1) is 11.5 Å². The zero-order valence-electron chi connectivity index (χ0n) is 17.1. The van der Waals surface area contributed by atoms with Crippen LogP contribution in [-0.4, -0.2) is 48.3 Å². The fourth-order valence-electron chi connectivity index (χ4n) is 3.16. The smallest absolute Gasteiger partial charge is 0.294 e. The molecule has 0 radical (unpaired) electrons. The molecule has 1 saturated heterocycles. The van der Waals surface area contributed by atoms with Crippen molar-refractivity contribution in [3.8, 4) is 17.2 Å². The topological polar surface area (TPSA) is 94.2 Å². The standard InChI is InChI=1S/C22H19BrN2O6S/c1-2-29-16-5-3-14(23)9-13(16)10-19-21(27)25(22(28)32-19)12-20(26)24-15-4-6-17-18(11-15)31-8-7-30-17/h3-6,9-11H,2,7-8,12H2,1H3,(H,24,26)/b19-10+. The fourth-order valence-corrected chi connectivity index (χ4v) is 4.37. The maximum atomic E-state index is 12.8. The van der Waals surface area contributed by atoms with Gasteiger partial charge in [-0.15, -0.1) is 0 Å². The summed E-state index contributed by atoms with van der Waals surface area (Å²) < 4.78 is 17.4. The molecule has 32 heavy (non-hydrogen) atoms. The Morgan fingerprint density at radius 2 is 1.97 bits per heavy atom. The molecular weight excluding hydrogens is 500 g/mol. The Bertz CT molecular complexity index is 1120. The average Bonchev–Trinajstić information content (AvgIpc) is 3.03. The summed E-state index contributed by atoms with van der Waals surface area (Å²) in [6.07, 6.45) is 1.60. The Morgan fingerprint density at radius 3 is 2.75 bits per heavy atom. The van der Waals surface area contributed by atoms with Crippen LogP contribution in [-0.2, 0) is 9.59 Å². The lowest BCUT2D eigenvalue weighted by Gasteiger charge is -2.19. The zero-order valence-corrected chi connectivity index (χ0v) is 19.5. The number of amides is 3. The van der Waals surface area contributed by atoms with Gasteiger partial charge in [0.25, 0.3) is 11.1 Å². The number of carbonyl (C=O) groups excluding carboxylic acids is 3. The molecule has 2 aromatic carbocycles. The third-order valence-corrected chi connectivity index (χ3v) is 5.96. The molecule has 1 fully saturated rings. The number of anilines is 1. The van der Waals surface area contributed by atoms with E-state index in [1.165, 1.54) is 0 Å². The van der Waals surface area contributed by atoms with E-state index in [1.807, 2.05) is 13.0 Å². The van der Waals surface area contributed by atoms with E-state index in [-0.39, 0.29) is 4.91 Å². The number of carbonyl (C=O) groups is 3. The molecule has 0 spiro atoms. The Balaban J connectivity index is 1.46. The molecule has 10 heteroatoms. The molecule has 0 aromatic heterocycles. The summed E-state index contributed by atoms with van der Waals surface area (Å²) in [6.45, 7) is 2.82. The Kier molecular flexibility index (Phi) is 6.71. The van der Waals surface area contributed by atoms with Crippen LogP contribution in [0, 0.1) is 0 Å². The molecule has 8 nitrogen and oxygen atoms in total. The van der Waals surface area contributed by atoms with Gasteiger partial charge in [-0.05, 0) is 55.1 Å². The van der Waals surface area contributed by atoms with Gasteiger partial charge in [-0.3, -0.25) is 19.3 Å². The van der Waals surface area contributed by atoms with Crippen molar-refractivity contribution >= 4 is 56.5 Å². The second-order valence-electron chi connectivity index (χ2n) is 6.79. The van der Waals surface area contributed by atoms with E-state index in [1.54, 1.807) is 36.4 Å². The SMILES string of the molecule is CCOc1ccc(Br)cc1/C=C1/SC(=O)N(CC(=O)Nc2ccc3c(c2)OCCO3)C1=O. The average molecular weight is 519 g/mol. The van der Waals surface area contributed by atoms with Gasteiger partial charge >= 0.3 is 0 Å². The number of hydrogen-bond donors (Lipinski definition) is 1. The predicted octanol–water partition coefficient (Wildman–Crippen LogP) is 4.29. The van der Waals surface area contributed by atoms with Gasteiger partial charge in [-0.25, -0.2) is 0 Å². The largest absolute Gasteiger partial charge is 0.493 e. The minimum Gasteiger partial charge on any atom is -0.493 e. The molecule has 0 unspecified atom stereocenters. The minimum atomic E-state index is -0.528. The highest BCUT2D eigenvalue weighted by Gasteiger charge is 2.36. The monoisotopic (exact) mass is 518 g/mol. The third-order valence-electron chi connectivity index (χ3n) is 4.56. The van der Waals surface area contributed by atoms with Gasteiger partial charge in [0.15, 0.2) is 11.5 Å². The third kappa shape index (κ3) is 4.91. The first-order valence-electron chi connectivity index (χ1n) is 9.82. The first-order chi connectivity index (χ1) is 15.4. The van der Waals surface area contributed by atoms with Crippen molar-refractivity contribution < 1.29 is 28.6 Å². The van der Waals surface area contributed by atoms with Crippen LogP contribution in [0.2, 0.25) is 0 Å². The summed E-state index contributed by atoms with van der Waals surface area (Å²) in [5.74, 6) is 0.702. The second kappa shape index (κ2) is 9.66. The van der Waals surface area contributed by atoms with Gasteiger partial charge in [-0.1, -0.05) is 15.9 Å². The highest BCUT2D eigenvalue weighted by atomic mass is 79.9. The fraction of sp³-hybridized carbons (Fsp3) is 0.227. The number of hydrogen-bond acceptors (Lipinski definition) is 7. The van der Waals surface area contributed by atoms with Crippen LogP contribution in [0.15, 0.2) is 45.8 Å². The number of benzene rings is 2. The maximum Gasteiger partial charge on any atom is 0.294 e. The molecule has 2 aromatic rings. The van der Waals surface area contributed by atoms with Crippen LogP contribution in [0.25, 0.3) is 6.08 Å². The zero-order chi connectivity index (χ0) is 22.7. The van der Waals surface area contributed by atoms with Crippen molar-refractivity contribution in [2.45, 2.75) is 6.92 Å². The molecular formula is C22H19BrN2O6S. The molecule has 3 amide bonds. The molecule has 1 N–H and O–H groups in total. The van der Waals surface area contributed by atoms with E-state index in [0.717, 1.165) is 21.1 Å². The Labute approximate surface area is 197 Å². The van der Waals surface area contributed by atoms with Crippen molar-refractivity contribution in [3.63, 3.8) is 0 Å². The molecule has 0 bridgehead atoms. The van der Waals surface area contributed by atoms with E-state index in [9.17, 15) is 14.4 Å². The summed E-state index contributed by atoms with van der Waals surface area (Å²) in [7, 11) is 0. The molecule has 4 rings (SSSR count). The second-order valence-corrected chi connectivity index (χ2v) is 8.70. The number of rotatable bonds is 6. The number of halogens is 1. The highest BCUT2D eigenvalue weighted by molar-refractivity contribution is 9.10. The van der Waals surface area contributed by atoms with E-state index in [4.69, 9.17) is 14.2 Å². The summed E-state index contributed by atoms with van der Waals surface area (Å²) in [4.78, 5) is 38.8. The van der Waals surface area contributed by atoms with Gasteiger partial charge in [-0.2, -0.15) is 0 Å². The maximum absolute atomic E-state index is 12.8. The van der Waals surface area contributed by atoms with Gasteiger partial charge in [0.2, 0.25) is 5.91 Å². The number of fused-ring (bicyclic) bond motifs is 1. The minimum absolute atomic E-state index is 0.223. The molecule has 2 heterocycles. The predicted molar refractivity (Wildman–Crippen MR) is 124 cm³/mol. The highest BCUT2D eigenvalue weighted by Crippen LogP contribution is 2.35. The van der Waals surface area contributed by atoms with E-state index in [2.05, 4.69) is 21.2 Å². The molecule has 0 atom stereocenters. The van der Waals surface area contributed by atoms with E-state index in [0.29, 0.717) is 48.3 Å².